The molecule has 0 N–H and O–H groups in total. The monoisotopic (exact) mass is 259 g/mol. The summed E-state index contributed by atoms with van der Waals surface area (Å²) in [7, 11) is 1.56. The van der Waals surface area contributed by atoms with Crippen LogP contribution in [0.1, 0.15) is 12.5 Å². The van der Waals surface area contributed by atoms with Gasteiger partial charge < -0.3 is 4.90 Å². The highest BCUT2D eigenvalue weighted by Crippen LogP contribution is 2.23. The van der Waals surface area contributed by atoms with Gasteiger partial charge in [0.05, 0.1) is 10.0 Å². The lowest BCUT2D eigenvalue weighted by Gasteiger charge is -2.15. The number of rotatable bonds is 3. The number of hydrogen-bond acceptors (Lipinski definition) is 2. The number of Topliss-reactive ketones (excluding diaryl/α,β-unsaturated/α-hetero) is 1. The topological polar surface area (TPSA) is 37.4 Å². The lowest BCUT2D eigenvalue weighted by Crippen LogP contribution is -2.31. The van der Waals surface area contributed by atoms with Crippen LogP contribution in [-0.4, -0.2) is 23.6 Å². The summed E-state index contributed by atoms with van der Waals surface area (Å²) >= 11 is 11.6. The van der Waals surface area contributed by atoms with Gasteiger partial charge in [0.15, 0.2) is 0 Å². The Morgan fingerprint density at radius 2 is 1.88 bits per heavy atom. The van der Waals surface area contributed by atoms with Gasteiger partial charge in [0, 0.05) is 20.5 Å². The molecule has 0 bridgehead atoms. The molecule has 0 aliphatic rings. The van der Waals surface area contributed by atoms with E-state index in [2.05, 4.69) is 0 Å². The van der Waals surface area contributed by atoms with Gasteiger partial charge in [0.1, 0.15) is 0 Å². The number of carbonyl (C=O) groups excluding carboxylic acids is 2. The van der Waals surface area contributed by atoms with E-state index in [1.54, 1.807) is 25.2 Å². The van der Waals surface area contributed by atoms with Crippen LogP contribution in [0.15, 0.2) is 18.2 Å². The van der Waals surface area contributed by atoms with Gasteiger partial charge in [-0.3, -0.25) is 9.59 Å². The molecule has 0 saturated carbocycles. The van der Waals surface area contributed by atoms with E-state index in [1.807, 2.05) is 0 Å². The molecular formula is C11H11Cl2NO2. The molecule has 0 aliphatic carbocycles. The van der Waals surface area contributed by atoms with Gasteiger partial charge in [-0.2, -0.15) is 0 Å². The summed E-state index contributed by atoms with van der Waals surface area (Å²) in [6.45, 7) is 1.57. The second kappa shape index (κ2) is 5.32. The molecule has 0 atom stereocenters. The minimum Gasteiger partial charge on any atom is -0.335 e. The third-order valence-corrected chi connectivity index (χ3v) is 2.79. The molecular weight excluding hydrogens is 249 g/mol. The molecule has 0 heterocycles. The maximum absolute atomic E-state index is 11.3. The second-order valence-corrected chi connectivity index (χ2v) is 4.28. The fraction of sp³-hybridized carbons (Fsp3) is 0.273. The third-order valence-electron chi connectivity index (χ3n) is 2.05. The maximum atomic E-state index is 11.3. The van der Waals surface area contributed by atoms with Gasteiger partial charge in [-0.05, 0) is 17.7 Å². The minimum absolute atomic E-state index is 0.329. The van der Waals surface area contributed by atoms with Gasteiger partial charge in [-0.15, -0.1) is 0 Å². The molecule has 0 fully saturated rings. The van der Waals surface area contributed by atoms with Gasteiger partial charge in [-0.25, -0.2) is 0 Å². The van der Waals surface area contributed by atoms with Crippen molar-refractivity contribution in [3.63, 3.8) is 0 Å². The molecule has 1 rings (SSSR count). The number of amides is 1. The first-order valence-electron chi connectivity index (χ1n) is 4.61. The quantitative estimate of drug-likeness (QED) is 0.783. The summed E-state index contributed by atoms with van der Waals surface area (Å²) in [5, 5.41) is 0.897. The van der Waals surface area contributed by atoms with Crippen molar-refractivity contribution < 1.29 is 9.59 Å². The fourth-order valence-electron chi connectivity index (χ4n) is 1.25. The van der Waals surface area contributed by atoms with E-state index in [9.17, 15) is 9.59 Å². The lowest BCUT2D eigenvalue weighted by atomic mass is 10.2. The summed E-state index contributed by atoms with van der Waals surface area (Å²) in [4.78, 5) is 23.5. The van der Waals surface area contributed by atoms with Crippen molar-refractivity contribution in [2.45, 2.75) is 13.5 Å². The van der Waals surface area contributed by atoms with Crippen molar-refractivity contribution in [2.24, 2.45) is 0 Å². The van der Waals surface area contributed by atoms with Crippen LogP contribution in [0.3, 0.4) is 0 Å². The van der Waals surface area contributed by atoms with Gasteiger partial charge in [0.2, 0.25) is 5.78 Å². The van der Waals surface area contributed by atoms with E-state index in [0.29, 0.717) is 16.6 Å². The van der Waals surface area contributed by atoms with Crippen LogP contribution in [0.2, 0.25) is 10.0 Å². The zero-order valence-corrected chi connectivity index (χ0v) is 10.5. The third kappa shape index (κ3) is 3.22. The Balaban J connectivity index is 2.77. The molecule has 0 radical (unpaired) electrons. The Kier molecular flexibility index (Phi) is 4.33. The first-order valence-corrected chi connectivity index (χ1v) is 5.37. The average molecular weight is 260 g/mol. The summed E-state index contributed by atoms with van der Waals surface area (Å²) in [5.74, 6) is -1.01. The summed E-state index contributed by atoms with van der Waals surface area (Å²) in [6.07, 6.45) is 0. The Morgan fingerprint density at radius 3 is 2.38 bits per heavy atom. The number of benzene rings is 1. The van der Waals surface area contributed by atoms with E-state index in [1.165, 1.54) is 11.8 Å². The van der Waals surface area contributed by atoms with Crippen molar-refractivity contribution in [1.29, 1.82) is 0 Å². The van der Waals surface area contributed by atoms with Crippen LogP contribution in [0.5, 0.6) is 0 Å². The van der Waals surface area contributed by atoms with E-state index < -0.39 is 11.7 Å². The summed E-state index contributed by atoms with van der Waals surface area (Å²) in [6, 6.07) is 5.09. The van der Waals surface area contributed by atoms with Crippen LogP contribution in [0.4, 0.5) is 0 Å². The van der Waals surface area contributed by atoms with E-state index in [0.717, 1.165) is 5.56 Å². The Hall–Kier alpha value is -1.06. The first-order chi connectivity index (χ1) is 7.41. The highest BCUT2D eigenvalue weighted by Gasteiger charge is 2.14. The number of nitrogens with zero attached hydrogens (tertiary/aromatic N) is 1. The SMILES string of the molecule is CC(=O)C(=O)N(C)Cc1ccc(Cl)c(Cl)c1. The molecule has 1 amide bonds. The summed E-state index contributed by atoms with van der Waals surface area (Å²) < 4.78 is 0. The lowest BCUT2D eigenvalue weighted by molar-refractivity contribution is -0.143. The van der Waals surface area contributed by atoms with E-state index >= 15 is 0 Å². The number of halogens is 2. The first kappa shape index (κ1) is 13.0. The van der Waals surface area contributed by atoms with Crippen LogP contribution in [0.25, 0.3) is 0 Å². The van der Waals surface area contributed by atoms with Crippen LogP contribution < -0.4 is 0 Å². The highest BCUT2D eigenvalue weighted by atomic mass is 35.5. The molecule has 0 aliphatic heterocycles. The Labute approximate surface area is 104 Å². The van der Waals surface area contributed by atoms with Crippen molar-refractivity contribution >= 4 is 34.9 Å². The molecule has 5 heteroatoms. The maximum Gasteiger partial charge on any atom is 0.289 e. The Morgan fingerprint density at radius 1 is 1.25 bits per heavy atom. The number of hydrogen-bond donors (Lipinski definition) is 0. The van der Waals surface area contributed by atoms with Gasteiger partial charge >= 0.3 is 0 Å². The predicted molar refractivity (Wildman–Crippen MR) is 63.6 cm³/mol. The molecule has 0 spiro atoms. The molecule has 1 aromatic carbocycles. The number of ketones is 1. The van der Waals surface area contributed by atoms with Crippen LogP contribution >= 0.6 is 23.2 Å². The zero-order valence-electron chi connectivity index (χ0n) is 8.96. The molecule has 0 unspecified atom stereocenters. The van der Waals surface area contributed by atoms with Crippen LogP contribution in [0, 0.1) is 0 Å². The fourth-order valence-corrected chi connectivity index (χ4v) is 1.57. The zero-order chi connectivity index (χ0) is 12.3. The molecule has 86 valence electrons. The highest BCUT2D eigenvalue weighted by molar-refractivity contribution is 6.42. The van der Waals surface area contributed by atoms with Crippen molar-refractivity contribution in [3.8, 4) is 0 Å². The van der Waals surface area contributed by atoms with Crippen molar-refractivity contribution in [2.75, 3.05) is 7.05 Å². The molecule has 1 aromatic rings. The van der Waals surface area contributed by atoms with Gasteiger partial charge in [0.25, 0.3) is 5.91 Å². The predicted octanol–water partition coefficient (Wildman–Crippen LogP) is 2.54. The molecule has 16 heavy (non-hydrogen) atoms. The summed E-state index contributed by atoms with van der Waals surface area (Å²) in [5.41, 5.74) is 0.825. The average Bonchev–Trinajstić information content (AvgIpc) is 2.22. The van der Waals surface area contributed by atoms with Crippen molar-refractivity contribution in [3.05, 3.63) is 33.8 Å². The number of carbonyl (C=O) groups is 2. The van der Waals surface area contributed by atoms with E-state index in [-0.39, 0.29) is 0 Å². The molecule has 3 nitrogen and oxygen atoms in total. The van der Waals surface area contributed by atoms with E-state index in [4.69, 9.17) is 23.2 Å². The second-order valence-electron chi connectivity index (χ2n) is 3.47. The number of likely N-dealkylation sites (N-methyl/N-ethyl adjacent to an activating group) is 1. The van der Waals surface area contributed by atoms with Crippen molar-refractivity contribution in [1.82, 2.24) is 4.90 Å². The minimum atomic E-state index is -0.522. The Bertz CT molecular complexity index is 432. The largest absolute Gasteiger partial charge is 0.335 e. The standard InChI is InChI=1S/C11H11Cl2NO2/c1-7(15)11(16)14(2)6-8-3-4-9(12)10(13)5-8/h3-5H,6H2,1-2H3. The molecule has 0 saturated heterocycles. The van der Waals surface area contributed by atoms with Crippen LogP contribution in [-0.2, 0) is 16.1 Å². The smallest absolute Gasteiger partial charge is 0.289 e. The van der Waals surface area contributed by atoms with Gasteiger partial charge in [-0.1, -0.05) is 29.3 Å². The normalized spacial score (nSPS) is 10.0. The molecule has 0 aromatic heterocycles.